The molecular weight excluding hydrogens is 280 g/mol. The van der Waals surface area contributed by atoms with Crippen molar-refractivity contribution in [1.82, 2.24) is 0 Å². The van der Waals surface area contributed by atoms with Crippen LogP contribution in [-0.2, 0) is 0 Å². The quantitative estimate of drug-likeness (QED) is 0.710. The van der Waals surface area contributed by atoms with Gasteiger partial charge in [0.2, 0.25) is 0 Å². The Hall–Kier alpha value is -0.0800. The minimum atomic E-state index is 0. The molecule has 0 spiro atoms. The highest BCUT2D eigenvalue weighted by Crippen LogP contribution is 2.21. The molecule has 0 aliphatic carbocycles. The van der Waals surface area contributed by atoms with E-state index in [-0.39, 0.29) is 17.0 Å². The lowest BCUT2D eigenvalue weighted by molar-refractivity contribution is 1.12. The van der Waals surface area contributed by atoms with E-state index in [1.54, 1.807) is 0 Å². The van der Waals surface area contributed by atoms with Crippen molar-refractivity contribution in [2.45, 2.75) is 11.8 Å². The van der Waals surface area contributed by atoms with Gasteiger partial charge in [0.1, 0.15) is 0 Å². The third kappa shape index (κ3) is 3.11. The van der Waals surface area contributed by atoms with Gasteiger partial charge in [-0.15, -0.1) is 17.0 Å². The van der Waals surface area contributed by atoms with Crippen LogP contribution in [0.15, 0.2) is 30.8 Å². The number of alkyl halides is 1. The molecule has 0 radical (unpaired) electrons. The number of rotatable bonds is 2. The van der Waals surface area contributed by atoms with E-state index in [0.29, 0.717) is 4.83 Å². The minimum Gasteiger partial charge on any atom is -0.114 e. The minimum absolute atomic E-state index is 0. The summed E-state index contributed by atoms with van der Waals surface area (Å²) in [7, 11) is 0. The molecule has 0 saturated heterocycles. The van der Waals surface area contributed by atoms with Gasteiger partial charge in [-0.05, 0) is 18.1 Å². The van der Waals surface area contributed by atoms with Crippen LogP contribution >= 0.6 is 32.9 Å². The molecule has 66 valence electrons. The van der Waals surface area contributed by atoms with Crippen LogP contribution in [0.25, 0.3) is 6.08 Å². The maximum Gasteiger partial charge on any atom is 0.0367 e. The molecule has 0 aliphatic heterocycles. The van der Waals surface area contributed by atoms with Gasteiger partial charge in [0.25, 0.3) is 0 Å². The van der Waals surface area contributed by atoms with E-state index in [4.69, 9.17) is 0 Å². The van der Waals surface area contributed by atoms with E-state index < -0.39 is 0 Å². The second kappa shape index (κ2) is 5.55. The predicted octanol–water partition coefficient (Wildman–Crippen LogP) is 4.36. The highest BCUT2D eigenvalue weighted by molar-refractivity contribution is 9.09. The van der Waals surface area contributed by atoms with Crippen molar-refractivity contribution < 1.29 is 0 Å². The Kier molecular flexibility index (Phi) is 5.51. The summed E-state index contributed by atoms with van der Waals surface area (Å²) in [6.07, 6.45) is 1.85. The summed E-state index contributed by atoms with van der Waals surface area (Å²) in [5.41, 5.74) is 2.47. The molecule has 0 bridgehead atoms. The molecule has 0 fully saturated rings. The molecule has 0 nitrogen and oxygen atoms in total. The molecule has 0 saturated carbocycles. The lowest BCUT2D eigenvalue weighted by atomic mass is 10.1. The van der Waals surface area contributed by atoms with Crippen LogP contribution in [-0.4, -0.2) is 0 Å². The van der Waals surface area contributed by atoms with Crippen LogP contribution in [0.1, 0.15) is 22.9 Å². The third-order valence-corrected chi connectivity index (χ3v) is 2.16. The fourth-order valence-electron chi connectivity index (χ4n) is 0.897. The van der Waals surface area contributed by atoms with Gasteiger partial charge in [0, 0.05) is 4.83 Å². The molecule has 1 unspecified atom stereocenters. The zero-order valence-electron chi connectivity index (χ0n) is 6.96. The average Bonchev–Trinajstić information content (AvgIpc) is 2.05. The van der Waals surface area contributed by atoms with Crippen molar-refractivity contribution in [2.24, 2.45) is 0 Å². The van der Waals surface area contributed by atoms with E-state index in [9.17, 15) is 0 Å². The monoisotopic (exact) mass is 290 g/mol. The average molecular weight is 292 g/mol. The van der Waals surface area contributed by atoms with Gasteiger partial charge in [0.15, 0.2) is 0 Å². The predicted molar refractivity (Wildman–Crippen MR) is 64.2 cm³/mol. The maximum absolute atomic E-state index is 3.69. The molecule has 0 heterocycles. The van der Waals surface area contributed by atoms with Crippen LogP contribution in [0, 0.1) is 0 Å². The first-order valence-corrected chi connectivity index (χ1v) is 4.52. The van der Waals surface area contributed by atoms with Crippen molar-refractivity contribution >= 4 is 39.0 Å². The van der Waals surface area contributed by atoms with Crippen molar-refractivity contribution in [3.63, 3.8) is 0 Å². The second-order valence-corrected chi connectivity index (χ2v) is 3.86. The summed E-state index contributed by atoms with van der Waals surface area (Å²) in [6, 6.07) is 8.35. The zero-order chi connectivity index (χ0) is 8.27. The molecule has 1 aromatic carbocycles. The molecule has 0 N–H and O–H groups in total. The molecule has 0 aliphatic rings. The topological polar surface area (TPSA) is 0 Å². The van der Waals surface area contributed by atoms with Gasteiger partial charge in [-0.25, -0.2) is 0 Å². The first-order chi connectivity index (χ1) is 5.24. The summed E-state index contributed by atoms with van der Waals surface area (Å²) >= 11 is 3.50. The third-order valence-electron chi connectivity index (χ3n) is 1.63. The molecule has 1 rings (SSSR count). The van der Waals surface area contributed by atoms with E-state index in [1.165, 1.54) is 11.1 Å². The van der Waals surface area contributed by atoms with Crippen LogP contribution in [0.5, 0.6) is 0 Å². The Morgan fingerprint density at radius 2 is 1.83 bits per heavy atom. The summed E-state index contributed by atoms with van der Waals surface area (Å²) in [5.74, 6) is 0. The Morgan fingerprint density at radius 3 is 2.17 bits per heavy atom. The lowest BCUT2D eigenvalue weighted by Crippen LogP contribution is -1.82. The molecule has 12 heavy (non-hydrogen) atoms. The van der Waals surface area contributed by atoms with Crippen molar-refractivity contribution in [1.29, 1.82) is 0 Å². The fourth-order valence-corrected chi connectivity index (χ4v) is 1.20. The SMILES string of the molecule is Br.C=Cc1ccc(C(C)Br)cc1. The first kappa shape index (κ1) is 11.9. The standard InChI is InChI=1S/C10H11Br.BrH/c1-3-9-4-6-10(7-5-9)8(2)11;/h3-8H,1H2,2H3;1H. The van der Waals surface area contributed by atoms with E-state index in [2.05, 4.69) is 53.7 Å². The van der Waals surface area contributed by atoms with Crippen LogP contribution in [0.4, 0.5) is 0 Å². The fraction of sp³-hybridized carbons (Fsp3) is 0.200. The van der Waals surface area contributed by atoms with Gasteiger partial charge in [-0.2, -0.15) is 0 Å². The highest BCUT2D eigenvalue weighted by Gasteiger charge is 1.97. The highest BCUT2D eigenvalue weighted by atomic mass is 79.9. The summed E-state index contributed by atoms with van der Waals surface area (Å²) in [4.78, 5) is 0.432. The smallest absolute Gasteiger partial charge is 0.0367 e. The summed E-state index contributed by atoms with van der Waals surface area (Å²) in [6.45, 7) is 5.81. The molecule has 1 atom stereocenters. The van der Waals surface area contributed by atoms with Crippen molar-refractivity contribution in [3.05, 3.63) is 42.0 Å². The van der Waals surface area contributed by atoms with Gasteiger partial charge in [-0.3, -0.25) is 0 Å². The van der Waals surface area contributed by atoms with Gasteiger partial charge < -0.3 is 0 Å². The molecule has 0 amide bonds. The van der Waals surface area contributed by atoms with E-state index in [1.807, 2.05) is 6.08 Å². The lowest BCUT2D eigenvalue weighted by Gasteiger charge is -2.02. The number of benzene rings is 1. The van der Waals surface area contributed by atoms with Crippen LogP contribution < -0.4 is 0 Å². The number of hydrogen-bond acceptors (Lipinski definition) is 0. The normalized spacial score (nSPS) is 11.5. The molecular formula is C10H12Br2. The number of halogens is 2. The van der Waals surface area contributed by atoms with Crippen molar-refractivity contribution in [3.8, 4) is 0 Å². The zero-order valence-corrected chi connectivity index (χ0v) is 10.3. The Bertz CT molecular complexity index is 237. The van der Waals surface area contributed by atoms with E-state index in [0.717, 1.165) is 0 Å². The largest absolute Gasteiger partial charge is 0.114 e. The van der Waals surface area contributed by atoms with Gasteiger partial charge in [0.05, 0.1) is 0 Å². The number of hydrogen-bond donors (Lipinski definition) is 0. The molecule has 2 heteroatoms. The van der Waals surface area contributed by atoms with Crippen LogP contribution in [0.3, 0.4) is 0 Å². The second-order valence-electron chi connectivity index (χ2n) is 2.49. The Balaban J connectivity index is 0.00000121. The molecule has 0 aromatic heterocycles. The summed E-state index contributed by atoms with van der Waals surface area (Å²) in [5, 5.41) is 0. The molecule has 1 aromatic rings. The maximum atomic E-state index is 3.69. The van der Waals surface area contributed by atoms with Gasteiger partial charge in [-0.1, -0.05) is 52.9 Å². The Morgan fingerprint density at radius 1 is 1.33 bits per heavy atom. The van der Waals surface area contributed by atoms with E-state index >= 15 is 0 Å². The first-order valence-electron chi connectivity index (χ1n) is 3.60. The van der Waals surface area contributed by atoms with Gasteiger partial charge >= 0.3 is 0 Å². The van der Waals surface area contributed by atoms with Crippen LogP contribution in [0.2, 0.25) is 0 Å². The Labute approximate surface area is 92.6 Å². The van der Waals surface area contributed by atoms with Crippen molar-refractivity contribution in [2.75, 3.05) is 0 Å². The summed E-state index contributed by atoms with van der Waals surface area (Å²) < 4.78 is 0.